The summed E-state index contributed by atoms with van der Waals surface area (Å²) in [5.74, 6) is 1.18. The van der Waals surface area contributed by atoms with E-state index in [-0.39, 0.29) is 18.6 Å². The molecule has 4 heterocycles. The second kappa shape index (κ2) is 8.75. The average molecular weight is 482 g/mol. The SMILES string of the molecule is CCOc1ccccc1-c1nc(CC(=O)OCc2nnc3n(C)c(=O)c4sccc4n23)cs1. The summed E-state index contributed by atoms with van der Waals surface area (Å²) in [7, 11) is 1.64. The van der Waals surface area contributed by atoms with Crippen molar-refractivity contribution >= 4 is 44.6 Å². The molecule has 0 aliphatic rings. The zero-order valence-electron chi connectivity index (χ0n) is 17.8. The lowest BCUT2D eigenvalue weighted by Crippen LogP contribution is -2.19. The van der Waals surface area contributed by atoms with Gasteiger partial charge in [-0.15, -0.1) is 32.9 Å². The highest BCUT2D eigenvalue weighted by atomic mass is 32.1. The normalized spacial score (nSPS) is 11.3. The maximum Gasteiger partial charge on any atom is 0.312 e. The van der Waals surface area contributed by atoms with Crippen molar-refractivity contribution < 1.29 is 14.3 Å². The minimum Gasteiger partial charge on any atom is -0.493 e. The number of aromatic nitrogens is 5. The molecule has 0 spiro atoms. The number of thiophene rings is 1. The lowest BCUT2D eigenvalue weighted by molar-refractivity contribution is -0.144. The van der Waals surface area contributed by atoms with Gasteiger partial charge in [0.25, 0.3) is 5.56 Å². The Morgan fingerprint density at radius 2 is 2.00 bits per heavy atom. The Morgan fingerprint density at radius 3 is 2.85 bits per heavy atom. The van der Waals surface area contributed by atoms with Gasteiger partial charge in [-0.1, -0.05) is 12.1 Å². The van der Waals surface area contributed by atoms with Crippen molar-refractivity contribution in [2.24, 2.45) is 7.05 Å². The maximum atomic E-state index is 12.5. The predicted octanol–water partition coefficient (Wildman–Crippen LogP) is 3.45. The second-order valence-electron chi connectivity index (χ2n) is 7.16. The van der Waals surface area contributed by atoms with Crippen molar-refractivity contribution in [1.82, 2.24) is 24.1 Å². The summed E-state index contributed by atoms with van der Waals surface area (Å²) in [6, 6.07) is 9.52. The van der Waals surface area contributed by atoms with Crippen molar-refractivity contribution in [1.29, 1.82) is 0 Å². The van der Waals surface area contributed by atoms with Gasteiger partial charge in [-0.25, -0.2) is 4.98 Å². The maximum absolute atomic E-state index is 12.5. The first-order chi connectivity index (χ1) is 16.1. The first kappa shape index (κ1) is 21.3. The molecule has 0 aliphatic heterocycles. The Morgan fingerprint density at radius 1 is 1.15 bits per heavy atom. The summed E-state index contributed by atoms with van der Waals surface area (Å²) < 4.78 is 14.9. The van der Waals surface area contributed by atoms with Gasteiger partial charge in [-0.2, -0.15) is 0 Å². The fraction of sp³-hybridized carbons (Fsp3) is 0.227. The summed E-state index contributed by atoms with van der Waals surface area (Å²) >= 11 is 2.80. The summed E-state index contributed by atoms with van der Waals surface area (Å²) in [5, 5.41) is 12.7. The third-order valence-electron chi connectivity index (χ3n) is 5.05. The molecular formula is C22H19N5O4S2. The lowest BCUT2D eigenvalue weighted by atomic mass is 10.2. The molecule has 5 aromatic rings. The van der Waals surface area contributed by atoms with E-state index in [1.54, 1.807) is 11.4 Å². The Balaban J connectivity index is 1.32. The van der Waals surface area contributed by atoms with Gasteiger partial charge in [-0.05, 0) is 30.5 Å². The first-order valence-electron chi connectivity index (χ1n) is 10.2. The van der Waals surface area contributed by atoms with E-state index in [0.29, 0.717) is 34.1 Å². The number of carbonyl (C=O) groups excluding carboxylic acids is 1. The quantitative estimate of drug-likeness (QED) is 0.328. The zero-order valence-corrected chi connectivity index (χ0v) is 19.5. The van der Waals surface area contributed by atoms with Gasteiger partial charge in [0.1, 0.15) is 15.5 Å². The van der Waals surface area contributed by atoms with Crippen LogP contribution in [0.3, 0.4) is 0 Å². The molecule has 11 heteroatoms. The fourth-order valence-electron chi connectivity index (χ4n) is 3.53. The number of esters is 1. The Kier molecular flexibility index (Phi) is 5.65. The topological polar surface area (TPSA) is 101 Å². The van der Waals surface area contributed by atoms with Crippen molar-refractivity contribution in [3.05, 3.63) is 63.0 Å². The molecule has 0 fully saturated rings. The summed E-state index contributed by atoms with van der Waals surface area (Å²) in [6.45, 7) is 2.43. The van der Waals surface area contributed by atoms with E-state index in [2.05, 4.69) is 15.2 Å². The molecule has 0 radical (unpaired) electrons. The largest absolute Gasteiger partial charge is 0.493 e. The summed E-state index contributed by atoms with van der Waals surface area (Å²) in [6.07, 6.45) is 0.0381. The molecule has 0 N–H and O–H groups in total. The molecule has 0 atom stereocenters. The van der Waals surface area contributed by atoms with Crippen LogP contribution in [0.5, 0.6) is 5.75 Å². The number of rotatable bonds is 7. The smallest absolute Gasteiger partial charge is 0.312 e. The van der Waals surface area contributed by atoms with Crippen molar-refractivity contribution in [2.45, 2.75) is 20.0 Å². The van der Waals surface area contributed by atoms with Gasteiger partial charge in [-0.3, -0.25) is 18.6 Å². The molecule has 0 saturated heterocycles. The van der Waals surface area contributed by atoms with Gasteiger partial charge in [0.2, 0.25) is 5.78 Å². The molecule has 0 unspecified atom stereocenters. The highest BCUT2D eigenvalue weighted by Gasteiger charge is 2.18. The lowest BCUT2D eigenvalue weighted by Gasteiger charge is -2.07. The van der Waals surface area contributed by atoms with Crippen molar-refractivity contribution in [3.8, 4) is 16.3 Å². The molecule has 4 aromatic heterocycles. The molecule has 168 valence electrons. The van der Waals surface area contributed by atoms with Crippen LogP contribution in [-0.2, 0) is 29.6 Å². The number of aryl methyl sites for hydroxylation is 1. The van der Waals surface area contributed by atoms with E-state index >= 15 is 0 Å². The van der Waals surface area contributed by atoms with Gasteiger partial charge in [0.15, 0.2) is 12.4 Å². The highest BCUT2D eigenvalue weighted by Crippen LogP contribution is 2.32. The van der Waals surface area contributed by atoms with Crippen LogP contribution in [0.1, 0.15) is 18.4 Å². The number of benzene rings is 1. The van der Waals surface area contributed by atoms with Crippen LogP contribution < -0.4 is 10.3 Å². The number of fused-ring (bicyclic) bond motifs is 3. The van der Waals surface area contributed by atoms with Crippen LogP contribution >= 0.6 is 22.7 Å². The second-order valence-corrected chi connectivity index (χ2v) is 8.94. The number of ether oxygens (including phenoxy) is 2. The number of thiazole rings is 1. The minimum absolute atomic E-state index is 0.0381. The van der Waals surface area contributed by atoms with Crippen LogP contribution in [0.15, 0.2) is 45.9 Å². The van der Waals surface area contributed by atoms with Crippen LogP contribution in [0.25, 0.3) is 26.6 Å². The first-order valence-corrected chi connectivity index (χ1v) is 11.9. The third-order valence-corrected chi connectivity index (χ3v) is 6.87. The molecule has 0 bridgehead atoms. The van der Waals surface area contributed by atoms with E-state index < -0.39 is 5.97 Å². The van der Waals surface area contributed by atoms with E-state index in [9.17, 15) is 9.59 Å². The fourth-order valence-corrected chi connectivity index (χ4v) is 5.23. The number of nitrogens with zero attached hydrogens (tertiary/aromatic N) is 5. The van der Waals surface area contributed by atoms with E-state index in [1.807, 2.05) is 48.0 Å². The molecular weight excluding hydrogens is 462 g/mol. The van der Waals surface area contributed by atoms with Crippen LogP contribution in [0, 0.1) is 0 Å². The molecule has 0 saturated carbocycles. The molecule has 1 aromatic carbocycles. The summed E-state index contributed by atoms with van der Waals surface area (Å²) in [4.78, 5) is 29.5. The molecule has 0 amide bonds. The van der Waals surface area contributed by atoms with Crippen molar-refractivity contribution in [3.63, 3.8) is 0 Å². The third kappa shape index (κ3) is 3.89. The zero-order chi connectivity index (χ0) is 22.9. The number of hydrogen-bond donors (Lipinski definition) is 0. The number of hydrogen-bond acceptors (Lipinski definition) is 9. The number of carbonyl (C=O) groups is 1. The molecule has 0 aliphatic carbocycles. The highest BCUT2D eigenvalue weighted by molar-refractivity contribution is 7.17. The Hall–Kier alpha value is -3.57. The van der Waals surface area contributed by atoms with Gasteiger partial charge in [0.05, 0.1) is 29.8 Å². The monoisotopic (exact) mass is 481 g/mol. The van der Waals surface area contributed by atoms with E-state index in [1.165, 1.54) is 27.2 Å². The van der Waals surface area contributed by atoms with Crippen LogP contribution in [0.2, 0.25) is 0 Å². The van der Waals surface area contributed by atoms with E-state index in [0.717, 1.165) is 16.3 Å². The average Bonchev–Trinajstić information content (AvgIpc) is 3.56. The molecule has 5 rings (SSSR count). The minimum atomic E-state index is -0.423. The standard InChI is InChI=1S/C22H19N5O4S2/c1-3-30-16-7-5-4-6-14(16)20-23-13(12-33-20)10-18(28)31-11-17-24-25-22-26(2)21(29)19-15(27(17)22)8-9-32-19/h4-9,12H,3,10-11H2,1-2H3. The van der Waals surface area contributed by atoms with Gasteiger partial charge < -0.3 is 9.47 Å². The van der Waals surface area contributed by atoms with Gasteiger partial charge in [0, 0.05) is 12.4 Å². The Bertz CT molecular complexity index is 1530. The molecule has 33 heavy (non-hydrogen) atoms. The molecule has 9 nitrogen and oxygen atoms in total. The Labute approximate surface area is 195 Å². The van der Waals surface area contributed by atoms with E-state index in [4.69, 9.17) is 9.47 Å². The van der Waals surface area contributed by atoms with Gasteiger partial charge >= 0.3 is 5.97 Å². The van der Waals surface area contributed by atoms with Crippen LogP contribution in [-0.4, -0.2) is 36.7 Å². The number of para-hydroxylation sites is 1. The van der Waals surface area contributed by atoms with Crippen molar-refractivity contribution in [2.75, 3.05) is 6.61 Å². The predicted molar refractivity (Wildman–Crippen MR) is 126 cm³/mol. The summed E-state index contributed by atoms with van der Waals surface area (Å²) in [5.41, 5.74) is 2.09. The van der Waals surface area contributed by atoms with Crippen LogP contribution in [0.4, 0.5) is 0 Å².